The standard InChI is InChI=1S/C13H17BrClNO2/c1-3-5-11(13(17)18-4-2)16-12-8-9(15)6-7-10(12)14/h6-8,11,16H,3-5H2,1-2H3. The molecule has 0 saturated carbocycles. The van der Waals surface area contributed by atoms with Gasteiger partial charge in [0.2, 0.25) is 0 Å². The zero-order valence-corrected chi connectivity index (χ0v) is 12.8. The van der Waals surface area contributed by atoms with Crippen LogP contribution >= 0.6 is 27.5 Å². The van der Waals surface area contributed by atoms with Crippen molar-refractivity contribution < 1.29 is 9.53 Å². The van der Waals surface area contributed by atoms with Gasteiger partial charge in [-0.15, -0.1) is 0 Å². The second-order valence-electron chi connectivity index (χ2n) is 3.86. The van der Waals surface area contributed by atoms with Crippen molar-refractivity contribution in [2.75, 3.05) is 11.9 Å². The molecule has 1 rings (SSSR count). The molecule has 1 atom stereocenters. The fraction of sp³-hybridized carbons (Fsp3) is 0.462. The van der Waals surface area contributed by atoms with Gasteiger partial charge < -0.3 is 10.1 Å². The Morgan fingerprint density at radius 2 is 2.22 bits per heavy atom. The first-order valence-corrected chi connectivity index (χ1v) is 7.13. The van der Waals surface area contributed by atoms with Crippen molar-refractivity contribution in [3.05, 3.63) is 27.7 Å². The molecule has 1 aromatic carbocycles. The van der Waals surface area contributed by atoms with Gasteiger partial charge in [0.05, 0.1) is 12.3 Å². The molecule has 0 spiro atoms. The Labute approximate surface area is 121 Å². The van der Waals surface area contributed by atoms with Gasteiger partial charge in [-0.1, -0.05) is 24.9 Å². The van der Waals surface area contributed by atoms with Gasteiger partial charge in [0.15, 0.2) is 0 Å². The van der Waals surface area contributed by atoms with E-state index in [1.807, 2.05) is 13.0 Å². The third-order valence-electron chi connectivity index (χ3n) is 2.41. The van der Waals surface area contributed by atoms with E-state index in [1.54, 1.807) is 19.1 Å². The van der Waals surface area contributed by atoms with Crippen LogP contribution in [0, 0.1) is 0 Å². The van der Waals surface area contributed by atoms with Gasteiger partial charge in [0.1, 0.15) is 6.04 Å². The molecule has 5 heteroatoms. The highest BCUT2D eigenvalue weighted by Crippen LogP contribution is 2.27. The van der Waals surface area contributed by atoms with Gasteiger partial charge in [-0.25, -0.2) is 4.79 Å². The lowest BCUT2D eigenvalue weighted by atomic mass is 10.1. The Hall–Kier alpha value is -0.740. The van der Waals surface area contributed by atoms with Crippen LogP contribution in [0.3, 0.4) is 0 Å². The summed E-state index contributed by atoms with van der Waals surface area (Å²) in [5.74, 6) is -0.230. The van der Waals surface area contributed by atoms with Gasteiger partial charge in [0.25, 0.3) is 0 Å². The van der Waals surface area contributed by atoms with E-state index in [4.69, 9.17) is 16.3 Å². The smallest absolute Gasteiger partial charge is 0.328 e. The van der Waals surface area contributed by atoms with E-state index in [2.05, 4.69) is 21.2 Å². The normalized spacial score (nSPS) is 12.0. The molecule has 0 amide bonds. The summed E-state index contributed by atoms with van der Waals surface area (Å²) in [4.78, 5) is 11.8. The van der Waals surface area contributed by atoms with E-state index in [1.165, 1.54) is 0 Å². The summed E-state index contributed by atoms with van der Waals surface area (Å²) in [6.45, 7) is 4.22. The average Bonchev–Trinajstić information content (AvgIpc) is 2.33. The third-order valence-corrected chi connectivity index (χ3v) is 3.33. The predicted octanol–water partition coefficient (Wildman–Crippen LogP) is 4.25. The molecule has 0 aliphatic heterocycles. The summed E-state index contributed by atoms with van der Waals surface area (Å²) >= 11 is 9.37. The van der Waals surface area contributed by atoms with Gasteiger partial charge in [0, 0.05) is 9.50 Å². The van der Waals surface area contributed by atoms with E-state index in [-0.39, 0.29) is 12.0 Å². The maximum Gasteiger partial charge on any atom is 0.328 e. The Balaban J connectivity index is 2.82. The van der Waals surface area contributed by atoms with E-state index in [0.717, 1.165) is 23.0 Å². The minimum atomic E-state index is -0.343. The molecule has 18 heavy (non-hydrogen) atoms. The molecule has 0 aliphatic rings. The van der Waals surface area contributed by atoms with E-state index in [9.17, 15) is 4.79 Å². The Kier molecular flexibility index (Phi) is 6.50. The van der Waals surface area contributed by atoms with E-state index < -0.39 is 0 Å². The number of carbonyl (C=O) groups is 1. The number of anilines is 1. The lowest BCUT2D eigenvalue weighted by Crippen LogP contribution is -2.31. The van der Waals surface area contributed by atoms with Crippen molar-refractivity contribution in [1.29, 1.82) is 0 Å². The maximum absolute atomic E-state index is 11.8. The molecular weight excluding hydrogens is 318 g/mol. The quantitative estimate of drug-likeness (QED) is 0.791. The largest absolute Gasteiger partial charge is 0.464 e. The van der Waals surface area contributed by atoms with Crippen LogP contribution in [-0.2, 0) is 9.53 Å². The number of halogens is 2. The van der Waals surface area contributed by atoms with E-state index >= 15 is 0 Å². The fourth-order valence-electron chi connectivity index (χ4n) is 1.58. The Morgan fingerprint density at radius 3 is 2.83 bits per heavy atom. The molecule has 1 N–H and O–H groups in total. The second-order valence-corrected chi connectivity index (χ2v) is 5.15. The SMILES string of the molecule is CCCC(Nc1cc(Cl)ccc1Br)C(=O)OCC. The monoisotopic (exact) mass is 333 g/mol. The van der Waals surface area contributed by atoms with Crippen molar-refractivity contribution in [2.24, 2.45) is 0 Å². The number of esters is 1. The molecule has 0 heterocycles. The van der Waals surface area contributed by atoms with Crippen LogP contribution in [0.15, 0.2) is 22.7 Å². The molecule has 3 nitrogen and oxygen atoms in total. The number of hydrogen-bond donors (Lipinski definition) is 1. The summed E-state index contributed by atoms with van der Waals surface area (Å²) < 4.78 is 5.92. The van der Waals surface area contributed by atoms with Crippen LogP contribution in [0.1, 0.15) is 26.7 Å². The van der Waals surface area contributed by atoms with Crippen LogP contribution in [0.5, 0.6) is 0 Å². The summed E-state index contributed by atoms with van der Waals surface area (Å²) in [5, 5.41) is 3.79. The molecule has 0 aliphatic carbocycles. The number of ether oxygens (including phenoxy) is 1. The van der Waals surface area contributed by atoms with Crippen molar-refractivity contribution in [2.45, 2.75) is 32.7 Å². The highest BCUT2D eigenvalue weighted by Gasteiger charge is 2.19. The van der Waals surface area contributed by atoms with Gasteiger partial charge in [-0.3, -0.25) is 0 Å². The van der Waals surface area contributed by atoms with Crippen LogP contribution < -0.4 is 5.32 Å². The first kappa shape index (κ1) is 15.3. The minimum absolute atomic E-state index is 0.230. The molecule has 0 bridgehead atoms. The highest BCUT2D eigenvalue weighted by atomic mass is 79.9. The second kappa shape index (κ2) is 7.64. The summed E-state index contributed by atoms with van der Waals surface area (Å²) in [7, 11) is 0. The Morgan fingerprint density at radius 1 is 1.50 bits per heavy atom. The fourth-order valence-corrected chi connectivity index (χ4v) is 2.11. The third kappa shape index (κ3) is 4.50. The summed E-state index contributed by atoms with van der Waals surface area (Å²) in [5.41, 5.74) is 0.800. The molecule has 0 aromatic heterocycles. The van der Waals surface area contributed by atoms with Gasteiger partial charge in [-0.2, -0.15) is 0 Å². The topological polar surface area (TPSA) is 38.3 Å². The zero-order valence-electron chi connectivity index (χ0n) is 10.5. The molecule has 1 unspecified atom stereocenters. The van der Waals surface area contributed by atoms with Crippen LogP contribution in [0.4, 0.5) is 5.69 Å². The Bertz CT molecular complexity index is 412. The van der Waals surface area contributed by atoms with Crippen molar-refractivity contribution in [1.82, 2.24) is 0 Å². The number of rotatable bonds is 6. The maximum atomic E-state index is 11.8. The van der Waals surface area contributed by atoms with Crippen molar-refractivity contribution in [3.63, 3.8) is 0 Å². The molecular formula is C13H17BrClNO2. The molecule has 0 radical (unpaired) electrons. The molecule has 1 aromatic rings. The lowest BCUT2D eigenvalue weighted by molar-refractivity contribution is -0.144. The van der Waals surface area contributed by atoms with Crippen LogP contribution in [-0.4, -0.2) is 18.6 Å². The first-order chi connectivity index (χ1) is 8.58. The molecule has 0 fully saturated rings. The van der Waals surface area contributed by atoms with Crippen molar-refractivity contribution in [3.8, 4) is 0 Å². The number of hydrogen-bond acceptors (Lipinski definition) is 3. The number of benzene rings is 1. The summed E-state index contributed by atoms with van der Waals surface area (Å²) in [6, 6.07) is 5.08. The van der Waals surface area contributed by atoms with Gasteiger partial charge >= 0.3 is 5.97 Å². The first-order valence-electron chi connectivity index (χ1n) is 5.96. The average molecular weight is 335 g/mol. The lowest BCUT2D eigenvalue weighted by Gasteiger charge is -2.18. The van der Waals surface area contributed by atoms with Gasteiger partial charge in [-0.05, 0) is 47.5 Å². The summed E-state index contributed by atoms with van der Waals surface area (Å²) in [6.07, 6.45) is 1.62. The predicted molar refractivity (Wildman–Crippen MR) is 78.1 cm³/mol. The highest BCUT2D eigenvalue weighted by molar-refractivity contribution is 9.10. The van der Waals surface area contributed by atoms with Crippen molar-refractivity contribution >= 4 is 39.2 Å². The van der Waals surface area contributed by atoms with E-state index in [0.29, 0.717) is 11.6 Å². The van der Waals surface area contributed by atoms with Crippen LogP contribution in [0.2, 0.25) is 5.02 Å². The zero-order chi connectivity index (χ0) is 13.5. The molecule has 0 saturated heterocycles. The molecule has 100 valence electrons. The van der Waals surface area contributed by atoms with Crippen LogP contribution in [0.25, 0.3) is 0 Å². The number of nitrogens with one attached hydrogen (secondary N) is 1. The minimum Gasteiger partial charge on any atom is -0.464 e. The number of carbonyl (C=O) groups excluding carboxylic acids is 1.